The van der Waals surface area contributed by atoms with Crippen LogP contribution in [0.25, 0.3) is 11.4 Å². The van der Waals surface area contributed by atoms with E-state index in [-0.39, 0.29) is 0 Å². The lowest BCUT2D eigenvalue weighted by Crippen LogP contribution is -2.20. The van der Waals surface area contributed by atoms with Crippen molar-refractivity contribution in [3.63, 3.8) is 0 Å². The molecular weight excluding hydrogens is 290 g/mol. The van der Waals surface area contributed by atoms with Crippen LogP contribution >= 0.6 is 0 Å². The van der Waals surface area contributed by atoms with Gasteiger partial charge in [0.05, 0.1) is 13.1 Å². The van der Waals surface area contributed by atoms with Gasteiger partial charge in [0.1, 0.15) is 5.82 Å². The van der Waals surface area contributed by atoms with Gasteiger partial charge in [-0.3, -0.25) is 4.68 Å². The highest BCUT2D eigenvalue weighted by atomic mass is 15.4. The molecule has 3 heterocycles. The van der Waals surface area contributed by atoms with Crippen LogP contribution in [-0.2, 0) is 13.6 Å². The van der Waals surface area contributed by atoms with E-state index in [9.17, 15) is 0 Å². The Labute approximate surface area is 133 Å². The van der Waals surface area contributed by atoms with Gasteiger partial charge in [0.2, 0.25) is 5.95 Å². The van der Waals surface area contributed by atoms with Crippen LogP contribution in [0.1, 0.15) is 6.42 Å². The molecule has 7 heteroatoms. The van der Waals surface area contributed by atoms with Crippen molar-refractivity contribution >= 4 is 17.5 Å². The minimum Gasteiger partial charge on any atom is -0.363 e. The van der Waals surface area contributed by atoms with Crippen molar-refractivity contribution in [1.82, 2.24) is 24.5 Å². The summed E-state index contributed by atoms with van der Waals surface area (Å²) in [5, 5.41) is 12.1. The third-order valence-corrected chi connectivity index (χ3v) is 3.74. The van der Waals surface area contributed by atoms with E-state index in [1.165, 1.54) is 0 Å². The van der Waals surface area contributed by atoms with Crippen LogP contribution in [0, 0.1) is 0 Å². The number of aromatic nitrogens is 5. The summed E-state index contributed by atoms with van der Waals surface area (Å²) in [7, 11) is 1.90. The van der Waals surface area contributed by atoms with Crippen LogP contribution in [0.3, 0.4) is 0 Å². The molecule has 116 valence electrons. The highest BCUT2D eigenvalue weighted by Crippen LogP contribution is 2.22. The fourth-order valence-electron chi connectivity index (χ4n) is 2.54. The quantitative estimate of drug-likeness (QED) is 0.802. The predicted molar refractivity (Wildman–Crippen MR) is 88.9 cm³/mol. The lowest BCUT2D eigenvalue weighted by Gasteiger charge is -2.12. The molecule has 7 nitrogen and oxygen atoms in total. The Balaban J connectivity index is 1.51. The summed E-state index contributed by atoms with van der Waals surface area (Å²) in [6.07, 6.45) is 2.78. The Hall–Kier alpha value is -2.96. The van der Waals surface area contributed by atoms with Crippen molar-refractivity contribution in [2.45, 2.75) is 13.0 Å². The normalized spacial score (nSPS) is 13.5. The second-order valence-corrected chi connectivity index (χ2v) is 5.48. The summed E-state index contributed by atoms with van der Waals surface area (Å²) < 4.78 is 3.64. The predicted octanol–water partition coefficient (Wildman–Crippen LogP) is 2.27. The first-order valence-electron chi connectivity index (χ1n) is 7.58. The van der Waals surface area contributed by atoms with E-state index in [1.54, 1.807) is 4.68 Å². The standard InChI is InChI=1S/C16H17N7/c1-22-9-8-14(20-22)17-11-13-7-10-23-16(18-13)19-15(21-23)12-5-3-2-4-6-12/h2-6,8-9H,7,10-11H2,1H3,(H,17,20). The van der Waals surface area contributed by atoms with Crippen molar-refractivity contribution in [2.75, 3.05) is 11.9 Å². The first-order chi connectivity index (χ1) is 11.3. The second kappa shape index (κ2) is 5.68. The van der Waals surface area contributed by atoms with Gasteiger partial charge in [-0.2, -0.15) is 10.1 Å². The fraction of sp³-hybridized carbons (Fsp3) is 0.250. The van der Waals surface area contributed by atoms with Crippen LogP contribution < -0.4 is 5.32 Å². The van der Waals surface area contributed by atoms with E-state index in [0.717, 1.165) is 35.9 Å². The third-order valence-electron chi connectivity index (χ3n) is 3.74. The molecule has 1 aromatic carbocycles. The second-order valence-electron chi connectivity index (χ2n) is 5.48. The molecule has 3 aromatic rings. The molecule has 0 spiro atoms. The maximum absolute atomic E-state index is 4.62. The van der Waals surface area contributed by atoms with E-state index in [4.69, 9.17) is 0 Å². The maximum Gasteiger partial charge on any atom is 0.248 e. The van der Waals surface area contributed by atoms with E-state index in [1.807, 2.05) is 54.3 Å². The molecule has 1 aliphatic heterocycles. The molecule has 0 saturated heterocycles. The van der Waals surface area contributed by atoms with Gasteiger partial charge >= 0.3 is 0 Å². The molecule has 23 heavy (non-hydrogen) atoms. The molecule has 1 N–H and O–H groups in total. The smallest absolute Gasteiger partial charge is 0.248 e. The molecule has 0 radical (unpaired) electrons. The fourth-order valence-corrected chi connectivity index (χ4v) is 2.54. The maximum atomic E-state index is 4.62. The SMILES string of the molecule is Cn1ccc(NCC2=Nc3nc(-c4ccccc4)nn3CC2)n1. The number of aryl methyl sites for hydroxylation is 2. The van der Waals surface area contributed by atoms with Crippen molar-refractivity contribution in [2.24, 2.45) is 12.0 Å². The largest absolute Gasteiger partial charge is 0.363 e. The molecule has 4 rings (SSSR count). The Morgan fingerprint density at radius 2 is 2.00 bits per heavy atom. The summed E-state index contributed by atoms with van der Waals surface area (Å²) >= 11 is 0. The zero-order valence-electron chi connectivity index (χ0n) is 12.8. The number of fused-ring (bicyclic) bond motifs is 1. The van der Waals surface area contributed by atoms with E-state index >= 15 is 0 Å². The lowest BCUT2D eigenvalue weighted by atomic mass is 10.2. The molecule has 0 saturated carbocycles. The number of nitrogens with zero attached hydrogens (tertiary/aromatic N) is 6. The highest BCUT2D eigenvalue weighted by Gasteiger charge is 2.16. The van der Waals surface area contributed by atoms with Crippen LogP contribution in [-0.4, -0.2) is 36.8 Å². The van der Waals surface area contributed by atoms with Crippen LogP contribution in [0.15, 0.2) is 47.6 Å². The topological polar surface area (TPSA) is 72.9 Å². The summed E-state index contributed by atoms with van der Waals surface area (Å²) in [5.41, 5.74) is 2.08. The first kappa shape index (κ1) is 13.7. The Bertz CT molecular complexity index is 844. The van der Waals surface area contributed by atoms with Gasteiger partial charge in [0.25, 0.3) is 0 Å². The number of nitrogens with one attached hydrogen (secondary N) is 1. The molecule has 0 fully saturated rings. The number of aliphatic imine (C=N–C) groups is 1. The minimum atomic E-state index is 0.671. The Kier molecular flexibility index (Phi) is 3.38. The van der Waals surface area contributed by atoms with Gasteiger partial charge in [-0.25, -0.2) is 9.67 Å². The first-order valence-corrected chi connectivity index (χ1v) is 7.58. The highest BCUT2D eigenvalue weighted by molar-refractivity contribution is 5.90. The van der Waals surface area contributed by atoms with Crippen molar-refractivity contribution in [3.8, 4) is 11.4 Å². The van der Waals surface area contributed by atoms with Gasteiger partial charge in [-0.1, -0.05) is 30.3 Å². The summed E-state index contributed by atoms with van der Waals surface area (Å²) in [5.74, 6) is 2.25. The Morgan fingerprint density at radius 1 is 1.13 bits per heavy atom. The Morgan fingerprint density at radius 3 is 2.78 bits per heavy atom. The summed E-state index contributed by atoms with van der Waals surface area (Å²) in [6.45, 7) is 1.47. The molecule has 0 bridgehead atoms. The van der Waals surface area contributed by atoms with Crippen LogP contribution in [0.4, 0.5) is 11.8 Å². The number of rotatable bonds is 4. The monoisotopic (exact) mass is 307 g/mol. The minimum absolute atomic E-state index is 0.671. The summed E-state index contributed by atoms with van der Waals surface area (Å²) in [4.78, 5) is 9.17. The molecule has 1 aliphatic rings. The molecule has 0 amide bonds. The number of hydrogen-bond acceptors (Lipinski definition) is 5. The van der Waals surface area contributed by atoms with Gasteiger partial charge < -0.3 is 5.32 Å². The molecule has 2 aromatic heterocycles. The van der Waals surface area contributed by atoms with Crippen molar-refractivity contribution in [3.05, 3.63) is 42.6 Å². The lowest BCUT2D eigenvalue weighted by molar-refractivity contribution is 0.622. The van der Waals surface area contributed by atoms with Crippen molar-refractivity contribution in [1.29, 1.82) is 0 Å². The van der Waals surface area contributed by atoms with Crippen LogP contribution in [0.2, 0.25) is 0 Å². The van der Waals surface area contributed by atoms with Gasteiger partial charge in [-0.15, -0.1) is 5.10 Å². The molecule has 0 atom stereocenters. The zero-order valence-corrected chi connectivity index (χ0v) is 12.8. The number of hydrogen-bond donors (Lipinski definition) is 1. The number of benzene rings is 1. The van der Waals surface area contributed by atoms with E-state index < -0.39 is 0 Å². The van der Waals surface area contributed by atoms with E-state index in [2.05, 4.69) is 25.5 Å². The van der Waals surface area contributed by atoms with Gasteiger partial charge in [-0.05, 0) is 0 Å². The molecular formula is C16H17N7. The van der Waals surface area contributed by atoms with Crippen LogP contribution in [0.5, 0.6) is 0 Å². The van der Waals surface area contributed by atoms with E-state index in [0.29, 0.717) is 12.5 Å². The molecule has 0 aliphatic carbocycles. The third kappa shape index (κ3) is 2.85. The van der Waals surface area contributed by atoms with Gasteiger partial charge in [0.15, 0.2) is 5.82 Å². The number of anilines is 1. The summed E-state index contributed by atoms with van der Waals surface area (Å²) in [6, 6.07) is 11.9. The average Bonchev–Trinajstić information content (AvgIpc) is 3.19. The average molecular weight is 307 g/mol. The van der Waals surface area contributed by atoms with Crippen molar-refractivity contribution < 1.29 is 0 Å². The zero-order chi connectivity index (χ0) is 15.6. The van der Waals surface area contributed by atoms with Gasteiger partial charge in [0, 0.05) is 37.0 Å². The molecule has 0 unspecified atom stereocenters.